The smallest absolute Gasteiger partial charge is 0.234 e. The highest BCUT2D eigenvalue weighted by Crippen LogP contribution is 2.37. The number of rotatable bonds is 0. The number of amides is 1. The molecule has 0 N–H and O–H groups in total. The van der Waals surface area contributed by atoms with Gasteiger partial charge in [0.2, 0.25) is 5.91 Å². The predicted molar refractivity (Wildman–Crippen MR) is 70.9 cm³/mol. The van der Waals surface area contributed by atoms with Gasteiger partial charge in [0, 0.05) is 4.91 Å². The summed E-state index contributed by atoms with van der Waals surface area (Å²) in [5.41, 5.74) is 0. The highest BCUT2D eigenvalue weighted by atomic mass is 32.2. The van der Waals surface area contributed by atoms with Crippen LogP contribution in [0.3, 0.4) is 0 Å². The summed E-state index contributed by atoms with van der Waals surface area (Å²) in [5, 5.41) is 0.904. The van der Waals surface area contributed by atoms with Crippen molar-refractivity contribution in [3.8, 4) is 0 Å². The molecule has 2 heterocycles. The Morgan fingerprint density at radius 2 is 2.00 bits per heavy atom. The maximum absolute atomic E-state index is 12.4. The molecule has 2 atom stereocenters. The summed E-state index contributed by atoms with van der Waals surface area (Å²) >= 11 is 1.58. The molecular formula is C13H18N2OS. The standard InChI is InChI=1S/C13H18N2OS/c1-9-8-15-12(16)10-6-4-2-3-5-7-11(10)14-13(15)17-9/h10-11H,1-8H2/t10-,11+/m0/s1. The van der Waals surface area contributed by atoms with Gasteiger partial charge in [0.05, 0.1) is 18.5 Å². The fourth-order valence-corrected chi connectivity index (χ4v) is 3.88. The monoisotopic (exact) mass is 250 g/mol. The summed E-state index contributed by atoms with van der Waals surface area (Å²) in [6.45, 7) is 4.63. The summed E-state index contributed by atoms with van der Waals surface area (Å²) in [6, 6.07) is 0.243. The van der Waals surface area contributed by atoms with E-state index in [1.165, 1.54) is 25.7 Å². The number of fused-ring (bicyclic) bond motifs is 2. The molecule has 92 valence electrons. The molecule has 3 nitrogen and oxygen atoms in total. The van der Waals surface area contributed by atoms with E-state index in [2.05, 4.69) is 6.58 Å². The highest BCUT2D eigenvalue weighted by Gasteiger charge is 2.41. The molecule has 0 spiro atoms. The van der Waals surface area contributed by atoms with E-state index in [9.17, 15) is 4.79 Å². The van der Waals surface area contributed by atoms with Crippen molar-refractivity contribution in [2.45, 2.75) is 44.6 Å². The zero-order chi connectivity index (χ0) is 11.8. The van der Waals surface area contributed by atoms with E-state index >= 15 is 0 Å². The number of aliphatic imine (C=N–C) groups is 1. The summed E-state index contributed by atoms with van der Waals surface area (Å²) < 4.78 is 0. The normalized spacial score (nSPS) is 33.6. The van der Waals surface area contributed by atoms with Crippen molar-refractivity contribution in [3.63, 3.8) is 0 Å². The topological polar surface area (TPSA) is 32.7 Å². The maximum Gasteiger partial charge on any atom is 0.234 e. The van der Waals surface area contributed by atoms with E-state index in [4.69, 9.17) is 4.99 Å². The first kappa shape index (κ1) is 11.3. The third-order valence-corrected chi connectivity index (χ3v) is 4.82. The summed E-state index contributed by atoms with van der Waals surface area (Å²) in [6.07, 6.45) is 7.07. The molecular weight excluding hydrogens is 232 g/mol. The first-order valence-corrected chi connectivity index (χ1v) is 7.32. The second-order valence-corrected chi connectivity index (χ2v) is 6.29. The zero-order valence-corrected chi connectivity index (χ0v) is 10.8. The number of thioether (sulfide) groups is 1. The van der Waals surface area contributed by atoms with Crippen LogP contribution < -0.4 is 0 Å². The number of hydrogen-bond acceptors (Lipinski definition) is 3. The van der Waals surface area contributed by atoms with Gasteiger partial charge in [-0.2, -0.15) is 0 Å². The van der Waals surface area contributed by atoms with E-state index in [0.717, 1.165) is 22.9 Å². The predicted octanol–water partition coefficient (Wildman–Crippen LogP) is 2.78. The second kappa shape index (κ2) is 4.48. The van der Waals surface area contributed by atoms with Gasteiger partial charge in [-0.25, -0.2) is 0 Å². The Hall–Kier alpha value is -0.770. The largest absolute Gasteiger partial charge is 0.286 e. The van der Waals surface area contributed by atoms with Gasteiger partial charge in [0.15, 0.2) is 5.17 Å². The molecule has 2 fully saturated rings. The minimum Gasteiger partial charge on any atom is -0.286 e. The maximum atomic E-state index is 12.4. The van der Waals surface area contributed by atoms with Crippen molar-refractivity contribution in [1.82, 2.24) is 4.90 Å². The van der Waals surface area contributed by atoms with Crippen LogP contribution in [0, 0.1) is 5.92 Å². The lowest BCUT2D eigenvalue weighted by atomic mass is 9.85. The molecule has 1 amide bonds. The van der Waals surface area contributed by atoms with E-state index in [1.54, 1.807) is 11.8 Å². The fourth-order valence-electron chi connectivity index (χ4n) is 2.98. The van der Waals surface area contributed by atoms with Crippen LogP contribution in [-0.2, 0) is 4.79 Å². The van der Waals surface area contributed by atoms with Crippen molar-refractivity contribution in [2.75, 3.05) is 6.54 Å². The molecule has 0 aromatic heterocycles. The summed E-state index contributed by atoms with van der Waals surface area (Å²) in [4.78, 5) is 20.1. The number of hydrogen-bond donors (Lipinski definition) is 0. The fraction of sp³-hybridized carbons (Fsp3) is 0.692. The van der Waals surface area contributed by atoms with E-state index < -0.39 is 0 Å². The van der Waals surface area contributed by atoms with Crippen LogP contribution in [0.2, 0.25) is 0 Å². The van der Waals surface area contributed by atoms with Crippen LogP contribution in [0.1, 0.15) is 38.5 Å². The van der Waals surface area contributed by atoms with Crippen LogP contribution >= 0.6 is 11.8 Å². The Morgan fingerprint density at radius 3 is 2.82 bits per heavy atom. The molecule has 1 saturated heterocycles. The molecule has 3 aliphatic rings. The highest BCUT2D eigenvalue weighted by molar-refractivity contribution is 8.17. The first-order chi connectivity index (χ1) is 8.25. The van der Waals surface area contributed by atoms with E-state index in [1.807, 2.05) is 4.90 Å². The molecule has 0 aromatic carbocycles. The van der Waals surface area contributed by atoms with Crippen LogP contribution in [0.25, 0.3) is 0 Å². The Bertz CT molecular complexity index is 391. The molecule has 17 heavy (non-hydrogen) atoms. The average molecular weight is 250 g/mol. The molecule has 1 aliphatic carbocycles. The molecule has 0 bridgehead atoms. The molecule has 4 heteroatoms. The third kappa shape index (κ3) is 2.03. The first-order valence-electron chi connectivity index (χ1n) is 6.50. The van der Waals surface area contributed by atoms with Crippen LogP contribution in [-0.4, -0.2) is 28.6 Å². The van der Waals surface area contributed by atoms with Gasteiger partial charge < -0.3 is 0 Å². The van der Waals surface area contributed by atoms with E-state index in [-0.39, 0.29) is 12.0 Å². The SMILES string of the molecule is C=C1CN2C(=O)[C@H]3CCCCCC[C@H]3N=C2S1. The molecule has 0 aromatic rings. The quantitative estimate of drug-likeness (QED) is 0.662. The number of carbonyl (C=O) groups is 1. The van der Waals surface area contributed by atoms with Crippen LogP contribution in [0.15, 0.2) is 16.5 Å². The lowest BCUT2D eigenvalue weighted by Gasteiger charge is -2.33. The van der Waals surface area contributed by atoms with Crippen LogP contribution in [0.5, 0.6) is 0 Å². The van der Waals surface area contributed by atoms with Gasteiger partial charge in [-0.3, -0.25) is 14.7 Å². The van der Waals surface area contributed by atoms with Crippen molar-refractivity contribution in [2.24, 2.45) is 10.9 Å². The molecule has 3 rings (SSSR count). The van der Waals surface area contributed by atoms with E-state index in [0.29, 0.717) is 12.5 Å². The van der Waals surface area contributed by atoms with Crippen molar-refractivity contribution in [3.05, 3.63) is 11.5 Å². The van der Waals surface area contributed by atoms with Gasteiger partial charge in [0.25, 0.3) is 0 Å². The lowest BCUT2D eigenvalue weighted by molar-refractivity contribution is -0.132. The lowest BCUT2D eigenvalue weighted by Crippen LogP contribution is -2.46. The molecule has 1 saturated carbocycles. The summed E-state index contributed by atoms with van der Waals surface area (Å²) in [5.74, 6) is 0.443. The Balaban J connectivity index is 1.88. The third-order valence-electron chi connectivity index (χ3n) is 3.89. The van der Waals surface area contributed by atoms with Gasteiger partial charge >= 0.3 is 0 Å². The van der Waals surface area contributed by atoms with Gasteiger partial charge in [-0.05, 0) is 12.8 Å². The zero-order valence-electron chi connectivity index (χ0n) is 10.0. The number of nitrogens with zero attached hydrogens (tertiary/aromatic N) is 2. The van der Waals surface area contributed by atoms with Crippen molar-refractivity contribution in [1.29, 1.82) is 0 Å². The van der Waals surface area contributed by atoms with Crippen molar-refractivity contribution >= 4 is 22.8 Å². The summed E-state index contributed by atoms with van der Waals surface area (Å²) in [7, 11) is 0. The number of carbonyl (C=O) groups excluding carboxylic acids is 1. The molecule has 0 unspecified atom stereocenters. The molecule has 0 radical (unpaired) electrons. The average Bonchev–Trinajstić information content (AvgIpc) is 2.62. The number of amidine groups is 1. The minimum atomic E-state index is 0.144. The Morgan fingerprint density at radius 1 is 1.24 bits per heavy atom. The second-order valence-electron chi connectivity index (χ2n) is 5.14. The Kier molecular flexibility index (Phi) is 2.99. The van der Waals surface area contributed by atoms with Gasteiger partial charge in [0.1, 0.15) is 0 Å². The minimum absolute atomic E-state index is 0.144. The van der Waals surface area contributed by atoms with Gasteiger partial charge in [-0.1, -0.05) is 44.0 Å². The van der Waals surface area contributed by atoms with Crippen molar-refractivity contribution < 1.29 is 4.79 Å². The van der Waals surface area contributed by atoms with Crippen LogP contribution in [0.4, 0.5) is 0 Å². The Labute approximate surface area is 106 Å². The van der Waals surface area contributed by atoms with Gasteiger partial charge in [-0.15, -0.1) is 0 Å². The molecule has 2 aliphatic heterocycles.